The number of para-hydroxylation sites is 1. The molecule has 0 aliphatic carbocycles. The number of ether oxygens (including phenoxy) is 2. The van der Waals surface area contributed by atoms with Crippen molar-refractivity contribution < 1.29 is 23.8 Å². The van der Waals surface area contributed by atoms with E-state index < -0.39 is 17.9 Å². The largest absolute Gasteiger partial charge is 0.484 e. The third kappa shape index (κ3) is 3.71. The van der Waals surface area contributed by atoms with E-state index in [1.54, 1.807) is 6.92 Å². The zero-order chi connectivity index (χ0) is 12.8. The molecule has 0 spiro atoms. The maximum Gasteiger partial charge on any atom is 0.339 e. The molecule has 0 aliphatic heterocycles. The fourth-order valence-corrected chi connectivity index (χ4v) is 1.32. The number of aromatic carboxylic acids is 1. The van der Waals surface area contributed by atoms with Crippen LogP contribution in [-0.2, 0) is 4.74 Å². The zero-order valence-electron chi connectivity index (χ0n) is 9.77. The minimum absolute atomic E-state index is 0.187. The Balaban J connectivity index is 2.85. The van der Waals surface area contributed by atoms with Crippen LogP contribution >= 0.6 is 0 Å². The molecule has 5 heteroatoms. The average Bonchev–Trinajstić information content (AvgIpc) is 2.28. The van der Waals surface area contributed by atoms with E-state index in [4.69, 9.17) is 14.6 Å². The van der Waals surface area contributed by atoms with Crippen molar-refractivity contribution in [1.82, 2.24) is 0 Å². The van der Waals surface area contributed by atoms with Gasteiger partial charge in [0.15, 0.2) is 11.6 Å². The SMILES string of the molecule is CCOCC(C)Oc1c(F)cccc1C(=O)O. The first-order valence-corrected chi connectivity index (χ1v) is 5.32. The number of hydrogen-bond donors (Lipinski definition) is 1. The van der Waals surface area contributed by atoms with Gasteiger partial charge < -0.3 is 14.6 Å². The van der Waals surface area contributed by atoms with Crippen LogP contribution in [0.3, 0.4) is 0 Å². The highest BCUT2D eigenvalue weighted by atomic mass is 19.1. The lowest BCUT2D eigenvalue weighted by Gasteiger charge is -2.16. The van der Waals surface area contributed by atoms with Crippen LogP contribution < -0.4 is 4.74 Å². The molecule has 1 aromatic rings. The predicted octanol–water partition coefficient (Wildman–Crippen LogP) is 2.33. The minimum atomic E-state index is -1.22. The van der Waals surface area contributed by atoms with Crippen LogP contribution in [-0.4, -0.2) is 30.4 Å². The summed E-state index contributed by atoms with van der Waals surface area (Å²) in [7, 11) is 0. The summed E-state index contributed by atoms with van der Waals surface area (Å²) in [5.41, 5.74) is -0.187. The Morgan fingerprint density at radius 2 is 2.24 bits per heavy atom. The molecule has 17 heavy (non-hydrogen) atoms. The van der Waals surface area contributed by atoms with Crippen molar-refractivity contribution in [3.05, 3.63) is 29.6 Å². The molecule has 1 aromatic carbocycles. The fourth-order valence-electron chi connectivity index (χ4n) is 1.32. The second-order valence-corrected chi connectivity index (χ2v) is 3.51. The summed E-state index contributed by atoms with van der Waals surface area (Å²) in [4.78, 5) is 10.9. The van der Waals surface area contributed by atoms with Crippen molar-refractivity contribution in [1.29, 1.82) is 0 Å². The molecular weight excluding hydrogens is 227 g/mol. The molecule has 0 fully saturated rings. The van der Waals surface area contributed by atoms with Gasteiger partial charge in [0.05, 0.1) is 6.61 Å². The molecule has 0 saturated heterocycles. The Labute approximate surface area is 99.0 Å². The van der Waals surface area contributed by atoms with E-state index in [0.29, 0.717) is 6.61 Å². The summed E-state index contributed by atoms with van der Waals surface area (Å²) in [6, 6.07) is 3.79. The minimum Gasteiger partial charge on any atom is -0.484 e. The highest BCUT2D eigenvalue weighted by molar-refractivity contribution is 5.90. The van der Waals surface area contributed by atoms with Crippen molar-refractivity contribution in [2.24, 2.45) is 0 Å². The van der Waals surface area contributed by atoms with Crippen molar-refractivity contribution >= 4 is 5.97 Å². The molecule has 0 radical (unpaired) electrons. The maximum atomic E-state index is 13.5. The molecule has 94 valence electrons. The van der Waals surface area contributed by atoms with E-state index >= 15 is 0 Å². The number of carbonyl (C=O) groups is 1. The van der Waals surface area contributed by atoms with Crippen molar-refractivity contribution in [2.75, 3.05) is 13.2 Å². The molecule has 1 rings (SSSR count). The number of halogens is 1. The van der Waals surface area contributed by atoms with Gasteiger partial charge in [-0.1, -0.05) is 6.07 Å². The highest BCUT2D eigenvalue weighted by Gasteiger charge is 2.17. The van der Waals surface area contributed by atoms with E-state index in [1.807, 2.05) is 6.92 Å². The van der Waals surface area contributed by atoms with E-state index in [0.717, 1.165) is 6.07 Å². The quantitative estimate of drug-likeness (QED) is 0.831. The lowest BCUT2D eigenvalue weighted by atomic mass is 10.2. The third-order valence-electron chi connectivity index (χ3n) is 2.07. The molecule has 4 nitrogen and oxygen atoms in total. The van der Waals surface area contributed by atoms with Crippen LogP contribution in [0.15, 0.2) is 18.2 Å². The second-order valence-electron chi connectivity index (χ2n) is 3.51. The number of carboxylic acid groups (broad SMARTS) is 1. The number of carboxylic acids is 1. The number of rotatable bonds is 6. The summed E-state index contributed by atoms with van der Waals surface area (Å²) < 4.78 is 23.8. The lowest BCUT2D eigenvalue weighted by molar-refractivity contribution is 0.0589. The van der Waals surface area contributed by atoms with Gasteiger partial charge in [-0.3, -0.25) is 0 Å². The first-order chi connectivity index (χ1) is 8.06. The van der Waals surface area contributed by atoms with Crippen LogP contribution in [0.4, 0.5) is 4.39 Å². The summed E-state index contributed by atoms with van der Waals surface area (Å²) in [5.74, 6) is -2.15. The Kier molecular flexibility index (Phi) is 4.90. The summed E-state index contributed by atoms with van der Waals surface area (Å²) >= 11 is 0. The molecule has 0 heterocycles. The van der Waals surface area contributed by atoms with Crippen LogP contribution in [0, 0.1) is 5.82 Å². The standard InChI is InChI=1S/C12H15FO4/c1-3-16-7-8(2)17-11-9(12(14)15)5-4-6-10(11)13/h4-6,8H,3,7H2,1-2H3,(H,14,15). The molecule has 1 unspecified atom stereocenters. The molecule has 0 bridgehead atoms. The van der Waals surface area contributed by atoms with E-state index in [9.17, 15) is 9.18 Å². The van der Waals surface area contributed by atoms with Crippen LogP contribution in [0.25, 0.3) is 0 Å². The molecular formula is C12H15FO4. The van der Waals surface area contributed by atoms with Gasteiger partial charge in [-0.2, -0.15) is 0 Å². The van der Waals surface area contributed by atoms with E-state index in [-0.39, 0.29) is 17.9 Å². The topological polar surface area (TPSA) is 55.8 Å². The lowest BCUT2D eigenvalue weighted by Crippen LogP contribution is -2.21. The van der Waals surface area contributed by atoms with Gasteiger partial charge in [-0.05, 0) is 26.0 Å². The predicted molar refractivity (Wildman–Crippen MR) is 59.9 cm³/mol. The molecule has 0 aliphatic rings. The Hall–Kier alpha value is -1.62. The second kappa shape index (κ2) is 6.20. The van der Waals surface area contributed by atoms with Gasteiger partial charge in [0.1, 0.15) is 11.7 Å². The van der Waals surface area contributed by atoms with Gasteiger partial charge in [-0.15, -0.1) is 0 Å². The molecule has 0 aromatic heterocycles. The smallest absolute Gasteiger partial charge is 0.339 e. The van der Waals surface area contributed by atoms with Gasteiger partial charge in [0.2, 0.25) is 0 Å². The Morgan fingerprint density at radius 1 is 1.53 bits per heavy atom. The number of benzene rings is 1. The van der Waals surface area contributed by atoms with Crippen LogP contribution in [0.5, 0.6) is 5.75 Å². The van der Waals surface area contributed by atoms with Gasteiger partial charge in [-0.25, -0.2) is 9.18 Å². The first kappa shape index (κ1) is 13.4. The van der Waals surface area contributed by atoms with Gasteiger partial charge in [0, 0.05) is 6.61 Å². The molecule has 1 N–H and O–H groups in total. The molecule has 0 saturated carbocycles. The molecule has 1 atom stereocenters. The van der Waals surface area contributed by atoms with E-state index in [2.05, 4.69) is 0 Å². The average molecular weight is 242 g/mol. The fraction of sp³-hybridized carbons (Fsp3) is 0.417. The summed E-state index contributed by atoms with van der Waals surface area (Å²) in [5, 5.41) is 8.90. The summed E-state index contributed by atoms with van der Waals surface area (Å²) in [6.07, 6.45) is -0.412. The van der Waals surface area contributed by atoms with Crippen LogP contribution in [0.2, 0.25) is 0 Å². The van der Waals surface area contributed by atoms with Crippen molar-refractivity contribution in [3.63, 3.8) is 0 Å². The maximum absolute atomic E-state index is 13.5. The van der Waals surface area contributed by atoms with E-state index in [1.165, 1.54) is 12.1 Å². The first-order valence-electron chi connectivity index (χ1n) is 5.32. The Morgan fingerprint density at radius 3 is 2.82 bits per heavy atom. The van der Waals surface area contributed by atoms with Gasteiger partial charge >= 0.3 is 5.97 Å². The van der Waals surface area contributed by atoms with Gasteiger partial charge in [0.25, 0.3) is 0 Å². The third-order valence-corrected chi connectivity index (χ3v) is 2.07. The normalized spacial score (nSPS) is 12.2. The van der Waals surface area contributed by atoms with Crippen LogP contribution in [0.1, 0.15) is 24.2 Å². The van der Waals surface area contributed by atoms with Crippen molar-refractivity contribution in [3.8, 4) is 5.75 Å². The molecule has 0 amide bonds. The zero-order valence-corrected chi connectivity index (χ0v) is 9.77. The Bertz CT molecular complexity index is 392. The summed E-state index contributed by atoms with van der Waals surface area (Å²) in [6.45, 7) is 4.33. The number of hydrogen-bond acceptors (Lipinski definition) is 3. The highest BCUT2D eigenvalue weighted by Crippen LogP contribution is 2.23. The monoisotopic (exact) mass is 242 g/mol. The van der Waals surface area contributed by atoms with Crippen molar-refractivity contribution in [2.45, 2.75) is 20.0 Å².